The van der Waals surface area contributed by atoms with Crippen LogP contribution >= 0.6 is 38.5 Å². The lowest BCUT2D eigenvalue weighted by Crippen LogP contribution is -2.13. The Morgan fingerprint density at radius 2 is 1.94 bits per heavy atom. The number of nitrogens with one attached hydrogen (secondary N) is 1. The first-order valence-electron chi connectivity index (χ1n) is 5.19. The van der Waals surface area contributed by atoms with Crippen LogP contribution in [-0.2, 0) is 0 Å². The van der Waals surface area contributed by atoms with Crippen molar-refractivity contribution < 1.29 is 4.79 Å². The average molecular weight is 417 g/mol. The monoisotopic (exact) mass is 416 g/mol. The fourth-order valence-electron chi connectivity index (χ4n) is 1.47. The van der Waals surface area contributed by atoms with Gasteiger partial charge in [-0.2, -0.15) is 0 Å². The lowest BCUT2D eigenvalue weighted by Gasteiger charge is -2.09. The number of anilines is 2. The minimum Gasteiger partial charge on any atom is -0.399 e. The van der Waals surface area contributed by atoms with Gasteiger partial charge < -0.3 is 11.1 Å². The molecule has 2 aromatic carbocycles. The van der Waals surface area contributed by atoms with Gasteiger partial charge in [-0.3, -0.25) is 4.79 Å². The van der Waals surface area contributed by atoms with Crippen molar-refractivity contribution in [3.05, 3.63) is 56.1 Å². The highest BCUT2D eigenvalue weighted by Crippen LogP contribution is 2.25. The molecule has 0 aromatic heterocycles. The number of benzene rings is 2. The van der Waals surface area contributed by atoms with Crippen LogP contribution in [-0.4, -0.2) is 5.91 Å². The van der Waals surface area contributed by atoms with Gasteiger partial charge in [-0.25, -0.2) is 0 Å². The van der Waals surface area contributed by atoms with Crippen molar-refractivity contribution in [2.75, 3.05) is 11.1 Å². The third-order valence-electron chi connectivity index (χ3n) is 2.36. The third kappa shape index (κ3) is 3.02. The molecule has 3 N–H and O–H groups in total. The van der Waals surface area contributed by atoms with Crippen molar-refractivity contribution in [2.24, 2.45) is 0 Å². The Labute approximate surface area is 127 Å². The molecule has 2 aromatic rings. The molecular formula is C13H10BrIN2O. The first kappa shape index (κ1) is 13.4. The number of amides is 1. The average Bonchev–Trinajstić information content (AvgIpc) is 2.34. The Hall–Kier alpha value is -1.08. The highest BCUT2D eigenvalue weighted by atomic mass is 127. The molecule has 0 aliphatic rings. The molecule has 5 heteroatoms. The van der Waals surface area contributed by atoms with Crippen LogP contribution in [0.4, 0.5) is 11.4 Å². The minimum atomic E-state index is -0.147. The molecule has 0 radical (unpaired) electrons. The van der Waals surface area contributed by atoms with E-state index in [1.807, 2.05) is 18.2 Å². The maximum absolute atomic E-state index is 12.1. The first-order chi connectivity index (χ1) is 8.58. The van der Waals surface area contributed by atoms with E-state index in [9.17, 15) is 4.79 Å². The van der Waals surface area contributed by atoms with E-state index in [2.05, 4.69) is 43.8 Å². The molecule has 1 amide bonds. The molecule has 18 heavy (non-hydrogen) atoms. The summed E-state index contributed by atoms with van der Waals surface area (Å²) in [5, 5.41) is 2.84. The maximum Gasteiger partial charge on any atom is 0.256 e. The predicted molar refractivity (Wildman–Crippen MR) is 85.7 cm³/mol. The Kier molecular flexibility index (Phi) is 4.23. The van der Waals surface area contributed by atoms with Crippen molar-refractivity contribution in [1.29, 1.82) is 0 Å². The highest BCUT2D eigenvalue weighted by Gasteiger charge is 2.11. The van der Waals surface area contributed by atoms with E-state index in [1.54, 1.807) is 24.3 Å². The Balaban J connectivity index is 2.27. The summed E-state index contributed by atoms with van der Waals surface area (Å²) < 4.78 is 1.71. The molecule has 0 saturated heterocycles. The number of hydrogen-bond donors (Lipinski definition) is 2. The second kappa shape index (κ2) is 5.71. The van der Waals surface area contributed by atoms with Gasteiger partial charge in [0, 0.05) is 13.7 Å². The Morgan fingerprint density at radius 3 is 2.67 bits per heavy atom. The molecule has 0 atom stereocenters. The van der Waals surface area contributed by atoms with Gasteiger partial charge in [-0.1, -0.05) is 12.1 Å². The molecular weight excluding hydrogens is 407 g/mol. The van der Waals surface area contributed by atoms with Crippen LogP contribution in [0.25, 0.3) is 0 Å². The van der Waals surface area contributed by atoms with Crippen molar-refractivity contribution in [2.45, 2.75) is 0 Å². The van der Waals surface area contributed by atoms with E-state index < -0.39 is 0 Å². The summed E-state index contributed by atoms with van der Waals surface area (Å²) in [6.07, 6.45) is 0. The summed E-state index contributed by atoms with van der Waals surface area (Å²) in [6.45, 7) is 0. The molecule has 0 fully saturated rings. The summed E-state index contributed by atoms with van der Waals surface area (Å²) in [6, 6.07) is 12.7. The first-order valence-corrected chi connectivity index (χ1v) is 7.06. The largest absolute Gasteiger partial charge is 0.399 e. The molecule has 0 saturated carbocycles. The number of rotatable bonds is 2. The summed E-state index contributed by atoms with van der Waals surface area (Å²) in [7, 11) is 0. The second-order valence-corrected chi connectivity index (χ2v) is 5.69. The second-order valence-electron chi connectivity index (χ2n) is 3.67. The summed E-state index contributed by atoms with van der Waals surface area (Å²) in [5.74, 6) is -0.147. The summed E-state index contributed by atoms with van der Waals surface area (Å²) in [5.41, 5.74) is 7.62. The van der Waals surface area contributed by atoms with Crippen LogP contribution in [0.15, 0.2) is 46.9 Å². The van der Waals surface area contributed by atoms with Gasteiger partial charge in [-0.05, 0) is 68.9 Å². The molecule has 2 rings (SSSR count). The van der Waals surface area contributed by atoms with Crippen LogP contribution in [0.2, 0.25) is 0 Å². The summed E-state index contributed by atoms with van der Waals surface area (Å²) >= 11 is 5.51. The van der Waals surface area contributed by atoms with Crippen molar-refractivity contribution in [1.82, 2.24) is 0 Å². The molecule has 0 aliphatic heterocycles. The van der Waals surface area contributed by atoms with Crippen LogP contribution in [0.1, 0.15) is 10.4 Å². The van der Waals surface area contributed by atoms with E-state index >= 15 is 0 Å². The van der Waals surface area contributed by atoms with Gasteiger partial charge in [-0.15, -0.1) is 0 Å². The fraction of sp³-hybridized carbons (Fsp3) is 0. The standard InChI is InChI=1S/C13H10BrIN2O/c14-10-6-5-8(16)7-12(10)17-13(18)9-3-1-2-4-11(9)15/h1-7H,16H2,(H,17,18). The van der Waals surface area contributed by atoms with Crippen LogP contribution in [0.5, 0.6) is 0 Å². The minimum absolute atomic E-state index is 0.147. The van der Waals surface area contributed by atoms with E-state index in [4.69, 9.17) is 5.73 Å². The van der Waals surface area contributed by atoms with Crippen LogP contribution < -0.4 is 11.1 Å². The summed E-state index contributed by atoms with van der Waals surface area (Å²) in [4.78, 5) is 12.1. The van der Waals surface area contributed by atoms with E-state index in [0.29, 0.717) is 16.9 Å². The third-order valence-corrected chi connectivity index (χ3v) is 3.99. The number of carbonyl (C=O) groups excluding carboxylic acids is 1. The number of nitrogen functional groups attached to an aromatic ring is 1. The zero-order valence-electron chi connectivity index (χ0n) is 9.28. The van der Waals surface area contributed by atoms with Crippen molar-refractivity contribution in [3.8, 4) is 0 Å². The van der Waals surface area contributed by atoms with E-state index in [0.717, 1.165) is 8.04 Å². The molecule has 0 aliphatic carbocycles. The zero-order chi connectivity index (χ0) is 13.1. The zero-order valence-corrected chi connectivity index (χ0v) is 13.0. The smallest absolute Gasteiger partial charge is 0.256 e. The Bertz CT molecular complexity index is 601. The predicted octanol–water partition coefficient (Wildman–Crippen LogP) is 3.89. The number of halogens is 2. The van der Waals surface area contributed by atoms with E-state index in [-0.39, 0.29) is 5.91 Å². The highest BCUT2D eigenvalue weighted by molar-refractivity contribution is 14.1. The lowest BCUT2D eigenvalue weighted by molar-refractivity contribution is 0.102. The van der Waals surface area contributed by atoms with Crippen molar-refractivity contribution in [3.63, 3.8) is 0 Å². The number of carbonyl (C=O) groups is 1. The molecule has 0 bridgehead atoms. The van der Waals surface area contributed by atoms with Gasteiger partial charge in [0.2, 0.25) is 0 Å². The van der Waals surface area contributed by atoms with Gasteiger partial charge in [0.05, 0.1) is 11.3 Å². The lowest BCUT2D eigenvalue weighted by atomic mass is 10.2. The SMILES string of the molecule is Nc1ccc(Br)c(NC(=O)c2ccccc2I)c1. The Morgan fingerprint density at radius 1 is 1.22 bits per heavy atom. The molecule has 0 spiro atoms. The topological polar surface area (TPSA) is 55.1 Å². The normalized spacial score (nSPS) is 10.1. The molecule has 0 heterocycles. The van der Waals surface area contributed by atoms with Crippen molar-refractivity contribution >= 4 is 55.8 Å². The van der Waals surface area contributed by atoms with Gasteiger partial charge in [0.15, 0.2) is 0 Å². The maximum atomic E-state index is 12.1. The van der Waals surface area contributed by atoms with Crippen LogP contribution in [0.3, 0.4) is 0 Å². The number of hydrogen-bond acceptors (Lipinski definition) is 2. The molecule has 3 nitrogen and oxygen atoms in total. The van der Waals surface area contributed by atoms with Gasteiger partial charge in [0.25, 0.3) is 5.91 Å². The molecule has 92 valence electrons. The fourth-order valence-corrected chi connectivity index (χ4v) is 2.45. The molecule has 0 unspecified atom stereocenters. The number of nitrogens with two attached hydrogens (primary N) is 1. The van der Waals surface area contributed by atoms with Crippen LogP contribution in [0, 0.1) is 3.57 Å². The van der Waals surface area contributed by atoms with E-state index in [1.165, 1.54) is 0 Å². The van der Waals surface area contributed by atoms with Gasteiger partial charge >= 0.3 is 0 Å². The quantitative estimate of drug-likeness (QED) is 0.576. The van der Waals surface area contributed by atoms with Gasteiger partial charge in [0.1, 0.15) is 0 Å².